The van der Waals surface area contributed by atoms with Gasteiger partial charge in [0, 0.05) is 5.56 Å². The molecule has 2 N–H and O–H groups in total. The molecule has 2 aromatic rings. The second kappa shape index (κ2) is 7.23. The van der Waals surface area contributed by atoms with Crippen LogP contribution >= 0.6 is 0 Å². The van der Waals surface area contributed by atoms with Gasteiger partial charge in [-0.2, -0.15) is 0 Å². The molecule has 1 aliphatic heterocycles. The zero-order chi connectivity index (χ0) is 18.7. The smallest absolute Gasteiger partial charge is 0.363 e. The lowest BCUT2D eigenvalue weighted by atomic mass is 10.1. The van der Waals surface area contributed by atoms with Crippen LogP contribution < -0.4 is 10.5 Å². The molecular weight excluding hydrogens is 332 g/mol. The molecule has 0 saturated carbocycles. The molecule has 1 aliphatic rings. The Kier molecular flexibility index (Phi) is 4.84. The molecule has 0 bridgehead atoms. The van der Waals surface area contributed by atoms with Gasteiger partial charge in [-0.05, 0) is 60.9 Å². The van der Waals surface area contributed by atoms with Crippen LogP contribution in [-0.2, 0) is 14.3 Å². The highest BCUT2D eigenvalue weighted by atomic mass is 16.6. The number of cyclic esters (lactones) is 1. The summed E-state index contributed by atoms with van der Waals surface area (Å²) in [5.74, 6) is -0.226. The third kappa shape index (κ3) is 3.97. The van der Waals surface area contributed by atoms with Crippen molar-refractivity contribution in [3.63, 3.8) is 0 Å². The summed E-state index contributed by atoms with van der Waals surface area (Å²) in [5, 5.41) is 0. The minimum absolute atomic E-state index is 0.184. The molecule has 1 amide bonds. The number of benzene rings is 2. The van der Waals surface area contributed by atoms with Gasteiger partial charge in [0.25, 0.3) is 5.91 Å². The molecule has 0 aliphatic carbocycles. The van der Waals surface area contributed by atoms with E-state index >= 15 is 0 Å². The third-order valence-corrected chi connectivity index (χ3v) is 3.94. The van der Waals surface area contributed by atoms with Gasteiger partial charge in [-0.15, -0.1) is 0 Å². The molecule has 0 saturated heterocycles. The number of aliphatic imine (C=N–C) groups is 1. The summed E-state index contributed by atoms with van der Waals surface area (Å²) in [7, 11) is 0. The lowest BCUT2D eigenvalue weighted by molar-refractivity contribution is -0.130. The quantitative estimate of drug-likeness (QED) is 0.662. The van der Waals surface area contributed by atoms with Gasteiger partial charge in [-0.25, -0.2) is 9.79 Å². The van der Waals surface area contributed by atoms with Crippen molar-refractivity contribution in [2.75, 3.05) is 6.61 Å². The lowest BCUT2D eigenvalue weighted by Crippen LogP contribution is -2.19. The number of ether oxygens (including phenoxy) is 2. The molecule has 0 spiro atoms. The maximum absolute atomic E-state index is 12.1. The number of nitrogens with two attached hydrogens (primary N) is 1. The van der Waals surface area contributed by atoms with Crippen molar-refractivity contribution in [2.45, 2.75) is 13.8 Å². The van der Waals surface area contributed by atoms with E-state index in [-0.39, 0.29) is 12.3 Å². The number of carbonyl (C=O) groups is 2. The fourth-order valence-electron chi connectivity index (χ4n) is 2.38. The predicted molar refractivity (Wildman–Crippen MR) is 97.7 cm³/mol. The van der Waals surface area contributed by atoms with Gasteiger partial charge in [-0.1, -0.05) is 18.2 Å². The van der Waals surface area contributed by atoms with Gasteiger partial charge in [-0.3, -0.25) is 4.79 Å². The summed E-state index contributed by atoms with van der Waals surface area (Å²) in [6.07, 6.45) is 1.63. The number of primary amides is 1. The Morgan fingerprint density at radius 2 is 1.88 bits per heavy atom. The van der Waals surface area contributed by atoms with Crippen LogP contribution in [0.4, 0.5) is 0 Å². The van der Waals surface area contributed by atoms with Crippen LogP contribution in [0.15, 0.2) is 53.2 Å². The van der Waals surface area contributed by atoms with E-state index in [1.54, 1.807) is 30.3 Å². The van der Waals surface area contributed by atoms with Crippen LogP contribution in [0.1, 0.15) is 22.3 Å². The Morgan fingerprint density at radius 1 is 1.15 bits per heavy atom. The fourth-order valence-corrected chi connectivity index (χ4v) is 2.38. The summed E-state index contributed by atoms with van der Waals surface area (Å²) < 4.78 is 10.5. The van der Waals surface area contributed by atoms with Crippen molar-refractivity contribution in [1.29, 1.82) is 0 Å². The Labute approximate surface area is 150 Å². The number of rotatable bonds is 5. The van der Waals surface area contributed by atoms with E-state index in [1.165, 1.54) is 0 Å². The number of aryl methyl sites for hydroxylation is 2. The van der Waals surface area contributed by atoms with E-state index in [4.69, 9.17) is 15.2 Å². The zero-order valence-electron chi connectivity index (χ0n) is 14.5. The highest BCUT2D eigenvalue weighted by Crippen LogP contribution is 2.21. The van der Waals surface area contributed by atoms with Gasteiger partial charge in [0.05, 0.1) is 0 Å². The SMILES string of the molecule is Cc1ccc(C2=N/C(=C/c3ccc(OCC(N)=O)cc3)C(=O)O2)cc1C. The Morgan fingerprint density at radius 3 is 2.54 bits per heavy atom. The van der Waals surface area contributed by atoms with E-state index in [0.717, 1.165) is 22.3 Å². The Balaban J connectivity index is 1.79. The van der Waals surface area contributed by atoms with E-state index in [0.29, 0.717) is 11.6 Å². The first kappa shape index (κ1) is 17.4. The minimum atomic E-state index is -0.543. The van der Waals surface area contributed by atoms with Crippen molar-refractivity contribution < 1.29 is 19.1 Å². The molecule has 26 heavy (non-hydrogen) atoms. The van der Waals surface area contributed by atoms with E-state index in [9.17, 15) is 9.59 Å². The molecule has 3 rings (SSSR count). The molecule has 0 unspecified atom stereocenters. The van der Waals surface area contributed by atoms with Crippen LogP contribution in [0.2, 0.25) is 0 Å². The number of amides is 1. The van der Waals surface area contributed by atoms with Crippen molar-refractivity contribution in [3.8, 4) is 5.75 Å². The molecule has 0 fully saturated rings. The fraction of sp³-hybridized carbons (Fsp3) is 0.150. The normalized spacial score (nSPS) is 14.9. The number of carbonyl (C=O) groups excluding carboxylic acids is 2. The van der Waals surface area contributed by atoms with Crippen LogP contribution in [0.3, 0.4) is 0 Å². The molecule has 0 aromatic heterocycles. The largest absolute Gasteiger partial charge is 0.484 e. The molecule has 2 aromatic carbocycles. The highest BCUT2D eigenvalue weighted by molar-refractivity contribution is 6.12. The molecule has 0 atom stereocenters. The van der Waals surface area contributed by atoms with Gasteiger partial charge in [0.15, 0.2) is 12.3 Å². The number of nitrogens with zero attached hydrogens (tertiary/aromatic N) is 1. The Hall–Kier alpha value is -3.41. The van der Waals surface area contributed by atoms with Crippen molar-refractivity contribution in [1.82, 2.24) is 0 Å². The first-order valence-electron chi connectivity index (χ1n) is 8.04. The van der Waals surface area contributed by atoms with Crippen LogP contribution in [0.5, 0.6) is 5.75 Å². The zero-order valence-corrected chi connectivity index (χ0v) is 14.5. The standard InChI is InChI=1S/C20H18N2O4/c1-12-3-6-15(9-13(12)2)19-22-17(20(24)26-19)10-14-4-7-16(8-5-14)25-11-18(21)23/h3-10H,11H2,1-2H3,(H2,21,23)/b17-10+. The average molecular weight is 350 g/mol. The molecular formula is C20H18N2O4. The second-order valence-corrected chi connectivity index (χ2v) is 5.96. The van der Waals surface area contributed by atoms with Gasteiger partial charge >= 0.3 is 5.97 Å². The molecule has 6 nitrogen and oxygen atoms in total. The van der Waals surface area contributed by atoms with Crippen LogP contribution in [0, 0.1) is 13.8 Å². The van der Waals surface area contributed by atoms with E-state index < -0.39 is 11.9 Å². The van der Waals surface area contributed by atoms with Crippen molar-refractivity contribution >= 4 is 23.9 Å². The summed E-state index contributed by atoms with van der Waals surface area (Å²) in [6, 6.07) is 12.7. The maximum Gasteiger partial charge on any atom is 0.363 e. The van der Waals surface area contributed by atoms with E-state index in [2.05, 4.69) is 4.99 Å². The maximum atomic E-state index is 12.1. The number of hydrogen-bond donors (Lipinski definition) is 1. The first-order chi connectivity index (χ1) is 12.4. The number of hydrogen-bond acceptors (Lipinski definition) is 5. The minimum Gasteiger partial charge on any atom is -0.484 e. The third-order valence-electron chi connectivity index (χ3n) is 3.94. The molecule has 6 heteroatoms. The number of esters is 1. The summed E-state index contributed by atoms with van der Waals surface area (Å²) in [6.45, 7) is 3.83. The summed E-state index contributed by atoms with van der Waals surface area (Å²) in [4.78, 5) is 27.1. The van der Waals surface area contributed by atoms with Gasteiger partial charge in [0.1, 0.15) is 5.75 Å². The average Bonchev–Trinajstić information content (AvgIpc) is 2.97. The topological polar surface area (TPSA) is 91.0 Å². The van der Waals surface area contributed by atoms with Crippen molar-refractivity contribution in [2.24, 2.45) is 10.7 Å². The first-order valence-corrected chi connectivity index (χ1v) is 8.04. The van der Waals surface area contributed by atoms with Gasteiger partial charge < -0.3 is 15.2 Å². The Bertz CT molecular complexity index is 927. The second-order valence-electron chi connectivity index (χ2n) is 5.96. The van der Waals surface area contributed by atoms with Crippen LogP contribution in [0.25, 0.3) is 6.08 Å². The monoisotopic (exact) mass is 350 g/mol. The summed E-state index contributed by atoms with van der Waals surface area (Å²) >= 11 is 0. The summed E-state index contributed by atoms with van der Waals surface area (Å²) in [5.41, 5.74) is 9.04. The molecule has 1 heterocycles. The highest BCUT2D eigenvalue weighted by Gasteiger charge is 2.24. The van der Waals surface area contributed by atoms with Crippen molar-refractivity contribution in [3.05, 3.63) is 70.4 Å². The van der Waals surface area contributed by atoms with E-state index in [1.807, 2.05) is 32.0 Å². The molecule has 132 valence electrons. The molecule has 0 radical (unpaired) electrons. The lowest BCUT2D eigenvalue weighted by Gasteiger charge is -2.03. The van der Waals surface area contributed by atoms with Crippen LogP contribution in [-0.4, -0.2) is 24.4 Å². The predicted octanol–water partition coefficient (Wildman–Crippen LogP) is 2.51. The van der Waals surface area contributed by atoms with Gasteiger partial charge in [0.2, 0.25) is 5.90 Å².